The number of Topliss-reactive ketones (excluding diaryl/α,β-unsaturated/α-hetero) is 1. The Bertz CT molecular complexity index is 1640. The number of carbonyl (C=O) groups excluding carboxylic acids is 1. The predicted octanol–water partition coefficient (Wildman–Crippen LogP) is 5.02. The van der Waals surface area contributed by atoms with E-state index in [1.54, 1.807) is 42.0 Å². The fraction of sp³-hybridized carbons (Fsp3) is 0.185. The number of hydrogen-bond donors (Lipinski definition) is 0. The Morgan fingerprint density at radius 3 is 2.46 bits per heavy atom. The number of thioether (sulfide) groups is 1. The van der Waals surface area contributed by atoms with Crippen LogP contribution in [0.25, 0.3) is 22.4 Å². The topological polar surface area (TPSA) is 78.5 Å². The van der Waals surface area contributed by atoms with Crippen molar-refractivity contribution in [1.82, 2.24) is 19.2 Å². The van der Waals surface area contributed by atoms with Gasteiger partial charge in [0.05, 0.1) is 29.0 Å². The molecule has 0 saturated carbocycles. The number of rotatable bonds is 6. The zero-order chi connectivity index (χ0) is 24.7. The van der Waals surface area contributed by atoms with Gasteiger partial charge in [0.2, 0.25) is 5.78 Å². The van der Waals surface area contributed by atoms with Crippen LogP contribution in [-0.4, -0.2) is 37.3 Å². The van der Waals surface area contributed by atoms with Crippen LogP contribution >= 0.6 is 11.8 Å². The van der Waals surface area contributed by atoms with E-state index >= 15 is 0 Å². The van der Waals surface area contributed by atoms with Gasteiger partial charge in [0.1, 0.15) is 5.75 Å². The molecule has 5 aromatic rings. The van der Waals surface area contributed by atoms with Gasteiger partial charge in [-0.2, -0.15) is 0 Å². The molecule has 2 aromatic heterocycles. The van der Waals surface area contributed by atoms with Gasteiger partial charge in [0.25, 0.3) is 5.56 Å². The van der Waals surface area contributed by atoms with Gasteiger partial charge in [-0.25, -0.2) is 4.57 Å². The predicted molar refractivity (Wildman–Crippen MR) is 138 cm³/mol. The van der Waals surface area contributed by atoms with Gasteiger partial charge in [-0.15, -0.1) is 10.2 Å². The molecule has 0 bridgehead atoms. The zero-order valence-corrected chi connectivity index (χ0v) is 20.7. The van der Waals surface area contributed by atoms with Gasteiger partial charge in [-0.3, -0.25) is 14.0 Å². The summed E-state index contributed by atoms with van der Waals surface area (Å²) in [6, 6.07) is 20.3. The lowest BCUT2D eigenvalue weighted by Crippen LogP contribution is -2.23. The Hall–Kier alpha value is -3.91. The Labute approximate surface area is 206 Å². The highest BCUT2D eigenvalue weighted by atomic mass is 32.2. The van der Waals surface area contributed by atoms with E-state index in [4.69, 9.17) is 4.74 Å². The summed E-state index contributed by atoms with van der Waals surface area (Å²) < 4.78 is 8.66. The summed E-state index contributed by atoms with van der Waals surface area (Å²) in [5, 5.41) is 9.50. The van der Waals surface area contributed by atoms with Crippen molar-refractivity contribution in [2.75, 3.05) is 7.11 Å². The molecule has 0 N–H and O–H groups in total. The molecule has 0 spiro atoms. The van der Waals surface area contributed by atoms with Crippen molar-refractivity contribution in [3.8, 4) is 11.4 Å². The molecular weight excluding hydrogens is 460 g/mol. The van der Waals surface area contributed by atoms with Crippen molar-refractivity contribution in [2.24, 2.45) is 0 Å². The number of aromatic nitrogens is 4. The van der Waals surface area contributed by atoms with Crippen molar-refractivity contribution in [2.45, 2.75) is 31.2 Å². The maximum atomic E-state index is 13.6. The largest absolute Gasteiger partial charge is 0.497 e. The molecule has 0 fully saturated rings. The van der Waals surface area contributed by atoms with Gasteiger partial charge < -0.3 is 4.74 Å². The van der Waals surface area contributed by atoms with Crippen LogP contribution in [0.5, 0.6) is 5.75 Å². The van der Waals surface area contributed by atoms with Gasteiger partial charge in [0, 0.05) is 5.56 Å². The number of ketones is 1. The summed E-state index contributed by atoms with van der Waals surface area (Å²) in [4.78, 5) is 26.7. The average Bonchev–Trinajstić information content (AvgIpc) is 3.29. The van der Waals surface area contributed by atoms with Crippen molar-refractivity contribution < 1.29 is 9.53 Å². The van der Waals surface area contributed by atoms with E-state index in [1.165, 1.54) is 11.8 Å². The number of para-hydroxylation sites is 1. The van der Waals surface area contributed by atoms with Crippen LogP contribution in [0.4, 0.5) is 0 Å². The Morgan fingerprint density at radius 1 is 0.971 bits per heavy atom. The van der Waals surface area contributed by atoms with Crippen LogP contribution < -0.4 is 10.3 Å². The Balaban J connectivity index is 1.65. The first kappa shape index (κ1) is 22.9. The standard InChI is InChI=1S/C27H24N4O3S/c1-16-8-7-11-22(17(16)2)30-25(33)21-9-5-6-10-23(21)31-26(30)28-29-27(31)35-18(3)24(32)19-12-14-20(34-4)15-13-19/h5-15,18H,1-4H3. The summed E-state index contributed by atoms with van der Waals surface area (Å²) in [6.07, 6.45) is 0. The first-order chi connectivity index (χ1) is 16.9. The van der Waals surface area contributed by atoms with Crippen LogP contribution in [0.2, 0.25) is 0 Å². The van der Waals surface area contributed by atoms with Crippen LogP contribution in [0.1, 0.15) is 28.4 Å². The lowest BCUT2D eigenvalue weighted by Gasteiger charge is -2.15. The second kappa shape index (κ2) is 9.03. The number of ether oxygens (including phenoxy) is 1. The summed E-state index contributed by atoms with van der Waals surface area (Å²) in [6.45, 7) is 5.85. The monoisotopic (exact) mass is 484 g/mol. The summed E-state index contributed by atoms with van der Waals surface area (Å²) in [7, 11) is 1.59. The maximum absolute atomic E-state index is 13.6. The molecule has 1 atom stereocenters. The highest BCUT2D eigenvalue weighted by Gasteiger charge is 2.23. The fourth-order valence-electron chi connectivity index (χ4n) is 4.15. The zero-order valence-electron chi connectivity index (χ0n) is 19.9. The van der Waals surface area contributed by atoms with E-state index in [0.717, 1.165) is 16.8 Å². The van der Waals surface area contributed by atoms with Gasteiger partial charge in [-0.05, 0) is 74.4 Å². The fourth-order valence-corrected chi connectivity index (χ4v) is 5.08. The molecule has 0 aliphatic rings. The quantitative estimate of drug-likeness (QED) is 0.249. The molecule has 176 valence electrons. The van der Waals surface area contributed by atoms with E-state index in [-0.39, 0.29) is 11.3 Å². The third kappa shape index (κ3) is 3.89. The third-order valence-corrected chi connectivity index (χ3v) is 7.28. The van der Waals surface area contributed by atoms with E-state index in [1.807, 2.05) is 61.6 Å². The van der Waals surface area contributed by atoms with Crippen molar-refractivity contribution in [1.29, 1.82) is 0 Å². The number of aryl methyl sites for hydroxylation is 1. The molecular formula is C27H24N4O3S. The van der Waals surface area contributed by atoms with Crippen molar-refractivity contribution >= 4 is 34.2 Å². The Morgan fingerprint density at radius 2 is 1.71 bits per heavy atom. The molecule has 3 aromatic carbocycles. The van der Waals surface area contributed by atoms with Crippen molar-refractivity contribution in [3.05, 3.63) is 93.8 Å². The van der Waals surface area contributed by atoms with E-state index in [0.29, 0.717) is 33.1 Å². The molecule has 0 saturated heterocycles. The number of benzene rings is 3. The van der Waals surface area contributed by atoms with Crippen LogP contribution in [0.3, 0.4) is 0 Å². The lowest BCUT2D eigenvalue weighted by atomic mass is 10.1. The second-order valence-electron chi connectivity index (χ2n) is 8.35. The van der Waals surface area contributed by atoms with Gasteiger partial charge in [-0.1, -0.05) is 36.0 Å². The van der Waals surface area contributed by atoms with E-state index < -0.39 is 5.25 Å². The van der Waals surface area contributed by atoms with Crippen LogP contribution in [0.15, 0.2) is 76.7 Å². The van der Waals surface area contributed by atoms with Crippen LogP contribution in [-0.2, 0) is 0 Å². The molecule has 2 heterocycles. The average molecular weight is 485 g/mol. The number of fused-ring (bicyclic) bond motifs is 3. The molecule has 0 aliphatic carbocycles. The summed E-state index contributed by atoms with van der Waals surface area (Å²) in [5.74, 6) is 1.08. The third-order valence-electron chi connectivity index (χ3n) is 6.24. The first-order valence-electron chi connectivity index (χ1n) is 11.2. The smallest absolute Gasteiger partial charge is 0.267 e. The molecule has 0 amide bonds. The molecule has 35 heavy (non-hydrogen) atoms. The van der Waals surface area contributed by atoms with Crippen molar-refractivity contribution in [3.63, 3.8) is 0 Å². The summed E-state index contributed by atoms with van der Waals surface area (Å²) >= 11 is 1.32. The van der Waals surface area contributed by atoms with Gasteiger partial charge >= 0.3 is 0 Å². The second-order valence-corrected chi connectivity index (χ2v) is 9.66. The minimum atomic E-state index is -0.421. The number of methoxy groups -OCH3 is 1. The van der Waals surface area contributed by atoms with E-state index in [9.17, 15) is 9.59 Å². The lowest BCUT2D eigenvalue weighted by molar-refractivity contribution is 0.0994. The molecule has 8 heteroatoms. The minimum absolute atomic E-state index is 0.0263. The molecule has 0 radical (unpaired) electrons. The normalized spacial score (nSPS) is 12.2. The minimum Gasteiger partial charge on any atom is -0.497 e. The highest BCUT2D eigenvalue weighted by Crippen LogP contribution is 2.29. The molecule has 1 unspecified atom stereocenters. The first-order valence-corrected chi connectivity index (χ1v) is 12.1. The number of hydrogen-bond acceptors (Lipinski definition) is 6. The maximum Gasteiger partial charge on any atom is 0.267 e. The summed E-state index contributed by atoms with van der Waals surface area (Å²) in [5.41, 5.74) is 3.97. The SMILES string of the molecule is COc1ccc(C(=O)C(C)Sc2nnc3n(-c4cccc(C)c4C)c(=O)c4ccccc4n23)cc1. The Kier molecular flexibility index (Phi) is 5.90. The molecule has 7 nitrogen and oxygen atoms in total. The van der Waals surface area contributed by atoms with Crippen LogP contribution in [0, 0.1) is 13.8 Å². The van der Waals surface area contributed by atoms with E-state index in [2.05, 4.69) is 10.2 Å². The highest BCUT2D eigenvalue weighted by molar-refractivity contribution is 8.00. The number of carbonyl (C=O) groups is 1. The molecule has 5 rings (SSSR count). The number of nitrogens with zero attached hydrogens (tertiary/aromatic N) is 4. The van der Waals surface area contributed by atoms with Gasteiger partial charge in [0.15, 0.2) is 10.9 Å². The molecule has 0 aliphatic heterocycles.